The molecule has 0 aromatic carbocycles. The highest BCUT2D eigenvalue weighted by molar-refractivity contribution is 6.00. The van der Waals surface area contributed by atoms with Crippen LogP contribution in [-0.4, -0.2) is 46.4 Å². The van der Waals surface area contributed by atoms with Gasteiger partial charge >= 0.3 is 5.97 Å². The molecule has 8 nitrogen and oxygen atoms in total. The number of methoxy groups -OCH3 is 1. The maximum absolute atomic E-state index is 12.6. The van der Waals surface area contributed by atoms with Crippen molar-refractivity contribution >= 4 is 11.8 Å². The number of hydrogen-bond donors (Lipinski definition) is 0. The lowest BCUT2D eigenvalue weighted by molar-refractivity contribution is 0.0442. The van der Waals surface area contributed by atoms with Crippen LogP contribution in [0.15, 0.2) is 41.1 Å². The van der Waals surface area contributed by atoms with Gasteiger partial charge in [-0.2, -0.15) is 5.10 Å². The van der Waals surface area contributed by atoms with Crippen LogP contribution < -0.4 is 0 Å². The number of furan rings is 1. The Kier molecular flexibility index (Phi) is 6.33. The molecule has 0 fully saturated rings. The molecule has 0 saturated carbocycles. The van der Waals surface area contributed by atoms with Crippen LogP contribution in [-0.2, 0) is 16.0 Å². The highest BCUT2D eigenvalue weighted by atomic mass is 16.5. The Morgan fingerprint density at radius 3 is 2.76 bits per heavy atom. The van der Waals surface area contributed by atoms with Crippen molar-refractivity contribution in [1.82, 2.24) is 14.3 Å². The lowest BCUT2D eigenvalue weighted by atomic mass is 10.1. The largest absolute Gasteiger partial charge is 0.452 e. The minimum Gasteiger partial charge on any atom is -0.452 e. The van der Waals surface area contributed by atoms with Gasteiger partial charge in [0, 0.05) is 36.5 Å². The lowest BCUT2D eigenvalue weighted by Crippen LogP contribution is -2.17. The third-order valence-electron chi connectivity index (χ3n) is 4.71. The van der Waals surface area contributed by atoms with Crippen LogP contribution in [0.2, 0.25) is 0 Å². The number of aromatic nitrogens is 3. The van der Waals surface area contributed by atoms with E-state index in [-0.39, 0.29) is 24.2 Å². The van der Waals surface area contributed by atoms with Gasteiger partial charge in [0.15, 0.2) is 6.61 Å². The van der Waals surface area contributed by atoms with Crippen LogP contribution in [0, 0.1) is 13.8 Å². The summed E-state index contributed by atoms with van der Waals surface area (Å²) in [7, 11) is 1.64. The summed E-state index contributed by atoms with van der Waals surface area (Å²) in [6.45, 7) is 6.43. The van der Waals surface area contributed by atoms with Crippen molar-refractivity contribution in [2.75, 3.05) is 20.3 Å². The van der Waals surface area contributed by atoms with Gasteiger partial charge in [-0.3, -0.25) is 9.48 Å². The first-order chi connectivity index (χ1) is 13.9. The first-order valence-electron chi connectivity index (χ1n) is 9.34. The van der Waals surface area contributed by atoms with Gasteiger partial charge in [-0.15, -0.1) is 0 Å². The Balaban J connectivity index is 1.61. The number of carbonyl (C=O) groups is 2. The van der Waals surface area contributed by atoms with Crippen LogP contribution in [0.25, 0.3) is 0 Å². The molecule has 3 aromatic heterocycles. The molecule has 154 valence electrons. The van der Waals surface area contributed by atoms with Gasteiger partial charge in [0.25, 0.3) is 0 Å². The highest BCUT2D eigenvalue weighted by Crippen LogP contribution is 2.21. The maximum atomic E-state index is 12.6. The van der Waals surface area contributed by atoms with E-state index >= 15 is 0 Å². The summed E-state index contributed by atoms with van der Waals surface area (Å²) in [6, 6.07) is 6.93. The average molecular weight is 399 g/mol. The Labute approximate surface area is 169 Å². The summed E-state index contributed by atoms with van der Waals surface area (Å²) in [6.07, 6.45) is 3.46. The second-order valence-corrected chi connectivity index (χ2v) is 6.93. The Hall–Kier alpha value is -3.13. The molecule has 1 unspecified atom stereocenters. The second kappa shape index (κ2) is 8.91. The molecule has 0 spiro atoms. The van der Waals surface area contributed by atoms with Gasteiger partial charge in [-0.25, -0.2) is 4.79 Å². The van der Waals surface area contributed by atoms with E-state index in [0.717, 1.165) is 11.4 Å². The van der Waals surface area contributed by atoms with Gasteiger partial charge in [-0.1, -0.05) is 0 Å². The SMILES string of the molecule is COCC(C)n1c(C)cc(C(=O)COC(=O)c2ccc(Cn3cccn3)o2)c1C. The molecule has 0 saturated heterocycles. The molecule has 0 aliphatic rings. The first-order valence-corrected chi connectivity index (χ1v) is 9.34. The van der Waals surface area contributed by atoms with Crippen LogP contribution in [0.4, 0.5) is 0 Å². The highest BCUT2D eigenvalue weighted by Gasteiger charge is 2.21. The molecule has 8 heteroatoms. The fourth-order valence-electron chi connectivity index (χ4n) is 3.46. The zero-order valence-corrected chi connectivity index (χ0v) is 17.0. The number of hydrogen-bond acceptors (Lipinski definition) is 6. The Morgan fingerprint density at radius 2 is 2.07 bits per heavy atom. The summed E-state index contributed by atoms with van der Waals surface area (Å²) in [5.41, 5.74) is 2.32. The maximum Gasteiger partial charge on any atom is 0.374 e. The standard InChI is InChI=1S/C21H25N3O5/c1-14-10-18(16(3)24(14)15(2)12-27-4)19(25)13-28-21(26)20-7-6-17(29-20)11-23-9-5-8-22-23/h5-10,15H,11-13H2,1-4H3. The number of aryl methyl sites for hydroxylation is 1. The molecule has 0 bridgehead atoms. The summed E-state index contributed by atoms with van der Waals surface area (Å²) in [5.74, 6) is -0.306. The average Bonchev–Trinajstić information content (AvgIpc) is 3.41. The quantitative estimate of drug-likeness (QED) is 0.406. The third-order valence-corrected chi connectivity index (χ3v) is 4.71. The molecule has 29 heavy (non-hydrogen) atoms. The van der Waals surface area contributed by atoms with Crippen molar-refractivity contribution in [2.24, 2.45) is 0 Å². The normalized spacial score (nSPS) is 12.1. The van der Waals surface area contributed by atoms with E-state index in [1.54, 1.807) is 36.3 Å². The fraction of sp³-hybridized carbons (Fsp3) is 0.381. The number of ether oxygens (including phenoxy) is 2. The Morgan fingerprint density at radius 1 is 1.28 bits per heavy atom. The molecule has 0 radical (unpaired) electrons. The molecule has 3 rings (SSSR count). The smallest absolute Gasteiger partial charge is 0.374 e. The molecule has 3 heterocycles. The van der Waals surface area contributed by atoms with Crippen molar-refractivity contribution in [2.45, 2.75) is 33.4 Å². The molecule has 0 aliphatic carbocycles. The number of ketones is 1. The molecular formula is C21H25N3O5. The van der Waals surface area contributed by atoms with Crippen molar-refractivity contribution in [3.05, 3.63) is 65.1 Å². The van der Waals surface area contributed by atoms with Crippen molar-refractivity contribution < 1.29 is 23.5 Å². The van der Waals surface area contributed by atoms with Crippen LogP contribution in [0.5, 0.6) is 0 Å². The predicted molar refractivity (Wildman–Crippen MR) is 105 cm³/mol. The van der Waals surface area contributed by atoms with Crippen LogP contribution in [0.3, 0.4) is 0 Å². The Bertz CT molecular complexity index is 984. The molecule has 0 N–H and O–H groups in total. The second-order valence-electron chi connectivity index (χ2n) is 6.93. The number of esters is 1. The third kappa shape index (κ3) is 4.65. The van der Waals surface area contributed by atoms with Gasteiger partial charge in [-0.05, 0) is 45.0 Å². The molecule has 1 atom stereocenters. The zero-order valence-electron chi connectivity index (χ0n) is 17.0. The lowest BCUT2D eigenvalue weighted by Gasteiger charge is -2.17. The summed E-state index contributed by atoms with van der Waals surface area (Å²) in [4.78, 5) is 24.8. The van der Waals surface area contributed by atoms with Crippen molar-refractivity contribution in [1.29, 1.82) is 0 Å². The molecule has 0 aliphatic heterocycles. The molecular weight excluding hydrogens is 374 g/mol. The van der Waals surface area contributed by atoms with Gasteiger partial charge in [0.05, 0.1) is 19.2 Å². The van der Waals surface area contributed by atoms with E-state index < -0.39 is 5.97 Å². The van der Waals surface area contributed by atoms with Crippen molar-refractivity contribution in [3.63, 3.8) is 0 Å². The van der Waals surface area contributed by atoms with Gasteiger partial charge in [0.1, 0.15) is 5.76 Å². The van der Waals surface area contributed by atoms with Gasteiger partial charge < -0.3 is 18.5 Å². The minimum atomic E-state index is -0.674. The summed E-state index contributed by atoms with van der Waals surface area (Å²) >= 11 is 0. The number of nitrogens with zero attached hydrogens (tertiary/aromatic N) is 3. The van der Waals surface area contributed by atoms with E-state index in [0.29, 0.717) is 24.5 Å². The topological polar surface area (TPSA) is 88.5 Å². The minimum absolute atomic E-state index is 0.0548. The molecule has 0 amide bonds. The van der Waals surface area contributed by atoms with E-state index in [2.05, 4.69) is 5.10 Å². The number of Topliss-reactive ketones (excluding diaryl/α,β-unsaturated/α-hetero) is 1. The monoisotopic (exact) mass is 399 g/mol. The van der Waals surface area contributed by atoms with Crippen molar-refractivity contribution in [3.8, 4) is 0 Å². The van der Waals surface area contributed by atoms with Crippen LogP contribution >= 0.6 is 0 Å². The van der Waals surface area contributed by atoms with E-state index in [1.807, 2.05) is 31.4 Å². The van der Waals surface area contributed by atoms with Gasteiger partial charge in [0.2, 0.25) is 11.5 Å². The predicted octanol–water partition coefficient (Wildman–Crippen LogP) is 3.19. The van der Waals surface area contributed by atoms with Crippen LogP contribution in [0.1, 0.15) is 51.0 Å². The summed E-state index contributed by atoms with van der Waals surface area (Å²) < 4.78 is 19.6. The zero-order chi connectivity index (χ0) is 21.0. The first kappa shape index (κ1) is 20.6. The fourth-order valence-corrected chi connectivity index (χ4v) is 3.46. The van der Waals surface area contributed by atoms with E-state index in [9.17, 15) is 9.59 Å². The summed E-state index contributed by atoms with van der Waals surface area (Å²) in [5, 5.41) is 4.09. The number of carbonyl (C=O) groups excluding carboxylic acids is 2. The van der Waals surface area contributed by atoms with E-state index in [4.69, 9.17) is 13.9 Å². The number of rotatable bonds is 9. The van der Waals surface area contributed by atoms with E-state index in [1.165, 1.54) is 6.07 Å². The molecule has 3 aromatic rings.